The molecule has 0 atom stereocenters. The molecule has 4 heteroatoms. The van der Waals surface area contributed by atoms with Crippen molar-refractivity contribution < 1.29 is 13.9 Å². The van der Waals surface area contributed by atoms with E-state index in [1.54, 1.807) is 24.3 Å². The monoisotopic (exact) mass is 278 g/mol. The van der Waals surface area contributed by atoms with Gasteiger partial charge in [-0.1, -0.05) is 23.7 Å². The van der Waals surface area contributed by atoms with Crippen molar-refractivity contribution >= 4 is 17.4 Å². The lowest BCUT2D eigenvalue weighted by molar-refractivity contribution is 0.103. The van der Waals surface area contributed by atoms with Crippen LogP contribution in [-0.2, 0) is 0 Å². The van der Waals surface area contributed by atoms with Gasteiger partial charge in [0.15, 0.2) is 5.78 Å². The summed E-state index contributed by atoms with van der Waals surface area (Å²) in [6, 6.07) is 10.9. The maximum absolute atomic E-state index is 13.4. The van der Waals surface area contributed by atoms with Gasteiger partial charge in [-0.15, -0.1) is 0 Å². The molecule has 0 aliphatic heterocycles. The van der Waals surface area contributed by atoms with Gasteiger partial charge in [0.05, 0.1) is 17.2 Å². The molecule has 0 aliphatic rings. The van der Waals surface area contributed by atoms with Gasteiger partial charge in [0.25, 0.3) is 0 Å². The van der Waals surface area contributed by atoms with Crippen molar-refractivity contribution in [3.05, 3.63) is 64.4 Å². The summed E-state index contributed by atoms with van der Waals surface area (Å²) in [7, 11) is 0. The standard InChI is InChI=1S/C15H12ClFO2/c1-2-19-14-6-4-3-5-11(14)15(18)10-7-8-12(16)13(17)9-10/h3-9H,2H2,1H3. The van der Waals surface area contributed by atoms with Gasteiger partial charge in [-0.3, -0.25) is 4.79 Å². The van der Waals surface area contributed by atoms with Gasteiger partial charge in [0.1, 0.15) is 11.6 Å². The van der Waals surface area contributed by atoms with Crippen LogP contribution in [0.3, 0.4) is 0 Å². The first-order valence-electron chi connectivity index (χ1n) is 5.85. The van der Waals surface area contributed by atoms with Crippen molar-refractivity contribution in [2.75, 3.05) is 6.61 Å². The van der Waals surface area contributed by atoms with Crippen LogP contribution in [0.1, 0.15) is 22.8 Å². The number of hydrogen-bond donors (Lipinski definition) is 0. The minimum Gasteiger partial charge on any atom is -0.493 e. The maximum atomic E-state index is 13.4. The molecule has 2 aromatic rings. The average molecular weight is 279 g/mol. The van der Waals surface area contributed by atoms with Gasteiger partial charge >= 0.3 is 0 Å². The molecule has 0 heterocycles. The lowest BCUT2D eigenvalue weighted by atomic mass is 10.0. The van der Waals surface area contributed by atoms with E-state index in [4.69, 9.17) is 16.3 Å². The molecule has 2 rings (SSSR count). The van der Waals surface area contributed by atoms with Crippen molar-refractivity contribution in [3.63, 3.8) is 0 Å². The highest BCUT2D eigenvalue weighted by Crippen LogP contribution is 2.23. The van der Waals surface area contributed by atoms with E-state index in [1.165, 1.54) is 12.1 Å². The van der Waals surface area contributed by atoms with Gasteiger partial charge in [-0.05, 0) is 37.3 Å². The number of para-hydroxylation sites is 1. The fraction of sp³-hybridized carbons (Fsp3) is 0.133. The predicted molar refractivity (Wildman–Crippen MR) is 72.5 cm³/mol. The highest BCUT2D eigenvalue weighted by atomic mass is 35.5. The van der Waals surface area contributed by atoms with E-state index in [9.17, 15) is 9.18 Å². The number of carbonyl (C=O) groups is 1. The Kier molecular flexibility index (Phi) is 4.17. The van der Waals surface area contributed by atoms with Gasteiger partial charge in [0.2, 0.25) is 0 Å². The fourth-order valence-corrected chi connectivity index (χ4v) is 1.85. The van der Waals surface area contributed by atoms with Crippen LogP contribution < -0.4 is 4.74 Å². The normalized spacial score (nSPS) is 10.3. The van der Waals surface area contributed by atoms with Crippen molar-refractivity contribution in [1.82, 2.24) is 0 Å². The second-order valence-electron chi connectivity index (χ2n) is 3.89. The third kappa shape index (κ3) is 2.93. The molecule has 0 N–H and O–H groups in total. The first-order chi connectivity index (χ1) is 9.13. The highest BCUT2D eigenvalue weighted by Gasteiger charge is 2.15. The lowest BCUT2D eigenvalue weighted by Crippen LogP contribution is -2.05. The molecule has 0 unspecified atom stereocenters. The van der Waals surface area contributed by atoms with Crippen LogP contribution in [0.4, 0.5) is 4.39 Å². The summed E-state index contributed by atoms with van der Waals surface area (Å²) in [5.74, 6) is -0.411. The molecule has 0 amide bonds. The van der Waals surface area contributed by atoms with Crippen LogP contribution in [0.2, 0.25) is 5.02 Å². The van der Waals surface area contributed by atoms with Crippen LogP contribution in [0, 0.1) is 5.82 Å². The highest BCUT2D eigenvalue weighted by molar-refractivity contribution is 6.30. The Bertz CT molecular complexity index is 611. The summed E-state index contributed by atoms with van der Waals surface area (Å²) in [5.41, 5.74) is 0.653. The minimum absolute atomic E-state index is 0.00496. The SMILES string of the molecule is CCOc1ccccc1C(=O)c1ccc(Cl)c(F)c1. The number of hydrogen-bond acceptors (Lipinski definition) is 2. The molecule has 0 spiro atoms. The molecule has 0 radical (unpaired) electrons. The molecule has 0 aliphatic carbocycles. The summed E-state index contributed by atoms with van der Waals surface area (Å²) in [4.78, 5) is 12.3. The minimum atomic E-state index is -0.610. The van der Waals surface area contributed by atoms with Crippen LogP contribution >= 0.6 is 11.6 Å². The topological polar surface area (TPSA) is 26.3 Å². The average Bonchev–Trinajstić information content (AvgIpc) is 2.42. The van der Waals surface area contributed by atoms with Crippen molar-refractivity contribution in [2.45, 2.75) is 6.92 Å². The number of rotatable bonds is 4. The summed E-state index contributed by atoms with van der Waals surface area (Å²) < 4.78 is 18.8. The first-order valence-corrected chi connectivity index (χ1v) is 6.23. The molecule has 2 aromatic carbocycles. The molecule has 0 fully saturated rings. The Hall–Kier alpha value is -1.87. The Labute approximate surface area is 115 Å². The first kappa shape index (κ1) is 13.6. The van der Waals surface area contributed by atoms with E-state index < -0.39 is 5.82 Å². The number of halogens is 2. The predicted octanol–water partition coefficient (Wildman–Crippen LogP) is 4.11. The number of ketones is 1. The summed E-state index contributed by atoms with van der Waals surface area (Å²) in [6.07, 6.45) is 0. The molecule has 2 nitrogen and oxygen atoms in total. The molecule has 0 saturated heterocycles. The van der Waals surface area contributed by atoms with E-state index in [0.29, 0.717) is 17.9 Å². The largest absolute Gasteiger partial charge is 0.493 e. The number of benzene rings is 2. The summed E-state index contributed by atoms with van der Waals surface area (Å²) in [6.45, 7) is 2.29. The smallest absolute Gasteiger partial charge is 0.196 e. The number of carbonyl (C=O) groups excluding carboxylic acids is 1. The molecule has 0 bridgehead atoms. The molecular weight excluding hydrogens is 267 g/mol. The van der Waals surface area contributed by atoms with Gasteiger partial charge in [0, 0.05) is 5.56 Å². The molecule has 19 heavy (non-hydrogen) atoms. The molecular formula is C15H12ClFO2. The quantitative estimate of drug-likeness (QED) is 0.787. The van der Waals surface area contributed by atoms with E-state index in [0.717, 1.165) is 6.07 Å². The third-order valence-corrected chi connectivity index (χ3v) is 2.92. The van der Waals surface area contributed by atoms with Crippen LogP contribution in [-0.4, -0.2) is 12.4 Å². The zero-order valence-corrected chi connectivity index (χ0v) is 11.1. The Morgan fingerprint density at radius 2 is 2.00 bits per heavy atom. The summed E-state index contributed by atoms with van der Waals surface area (Å²) in [5, 5.41) is -0.00496. The van der Waals surface area contributed by atoms with E-state index in [-0.39, 0.29) is 16.4 Å². The van der Waals surface area contributed by atoms with Gasteiger partial charge in [-0.25, -0.2) is 4.39 Å². The summed E-state index contributed by atoms with van der Waals surface area (Å²) >= 11 is 5.60. The third-order valence-electron chi connectivity index (χ3n) is 2.61. The van der Waals surface area contributed by atoms with Crippen LogP contribution in [0.25, 0.3) is 0 Å². The van der Waals surface area contributed by atoms with Crippen molar-refractivity contribution in [2.24, 2.45) is 0 Å². The Morgan fingerprint density at radius 3 is 2.68 bits per heavy atom. The maximum Gasteiger partial charge on any atom is 0.196 e. The zero-order chi connectivity index (χ0) is 13.8. The van der Waals surface area contributed by atoms with Crippen LogP contribution in [0.5, 0.6) is 5.75 Å². The van der Waals surface area contributed by atoms with Gasteiger partial charge in [-0.2, -0.15) is 0 Å². The van der Waals surface area contributed by atoms with E-state index in [2.05, 4.69) is 0 Å². The lowest BCUT2D eigenvalue weighted by Gasteiger charge is -2.09. The van der Waals surface area contributed by atoms with Gasteiger partial charge < -0.3 is 4.74 Å². The second-order valence-corrected chi connectivity index (χ2v) is 4.29. The van der Waals surface area contributed by atoms with E-state index in [1.807, 2.05) is 6.92 Å². The van der Waals surface area contributed by atoms with Crippen LogP contribution in [0.15, 0.2) is 42.5 Å². The van der Waals surface area contributed by atoms with Crippen molar-refractivity contribution in [1.29, 1.82) is 0 Å². The molecule has 0 aromatic heterocycles. The fourth-order valence-electron chi connectivity index (χ4n) is 1.73. The Balaban J connectivity index is 2.41. The number of ether oxygens (including phenoxy) is 1. The molecule has 0 saturated carbocycles. The zero-order valence-electron chi connectivity index (χ0n) is 10.3. The molecule has 98 valence electrons. The van der Waals surface area contributed by atoms with E-state index >= 15 is 0 Å². The Morgan fingerprint density at radius 1 is 1.26 bits per heavy atom. The second kappa shape index (κ2) is 5.85. The van der Waals surface area contributed by atoms with Crippen molar-refractivity contribution in [3.8, 4) is 5.75 Å².